The van der Waals surface area contributed by atoms with Crippen LogP contribution in [0.5, 0.6) is 0 Å². The molecule has 2 aromatic rings. The van der Waals surface area contributed by atoms with E-state index in [1.807, 2.05) is 13.8 Å². The van der Waals surface area contributed by atoms with Crippen LogP contribution in [0.25, 0.3) is 0 Å². The van der Waals surface area contributed by atoms with Crippen molar-refractivity contribution >= 4 is 33.2 Å². The van der Waals surface area contributed by atoms with Crippen molar-refractivity contribution < 1.29 is 22.7 Å². The van der Waals surface area contributed by atoms with Gasteiger partial charge in [-0.3, -0.25) is 9.59 Å². The van der Waals surface area contributed by atoms with Gasteiger partial charge in [0.15, 0.2) is 0 Å². The van der Waals surface area contributed by atoms with Crippen molar-refractivity contribution in [2.75, 3.05) is 23.7 Å². The molecule has 8 nitrogen and oxygen atoms in total. The maximum Gasteiger partial charge on any atom is 0.255 e. The fraction of sp³-hybridized carbons (Fsp3) is 0.333. The Morgan fingerprint density at radius 1 is 0.967 bits per heavy atom. The third-order valence-corrected chi connectivity index (χ3v) is 6.43. The van der Waals surface area contributed by atoms with Crippen LogP contribution in [0.4, 0.5) is 11.4 Å². The summed E-state index contributed by atoms with van der Waals surface area (Å²) in [6, 6.07) is 12.6. The zero-order valence-electron chi connectivity index (χ0n) is 17.1. The highest BCUT2D eigenvalue weighted by Crippen LogP contribution is 2.23. The molecular weight excluding hydrogens is 406 g/mol. The number of amides is 2. The Morgan fingerprint density at radius 3 is 2.20 bits per heavy atom. The lowest BCUT2D eigenvalue weighted by molar-refractivity contribution is -0.114. The van der Waals surface area contributed by atoms with Gasteiger partial charge in [0.05, 0.1) is 17.1 Å². The van der Waals surface area contributed by atoms with Gasteiger partial charge in [-0.25, -0.2) is 8.42 Å². The average Bonchev–Trinajstić information content (AvgIpc) is 2.67. The Balaban J connectivity index is 1.71. The fourth-order valence-electron chi connectivity index (χ4n) is 3.33. The van der Waals surface area contributed by atoms with Gasteiger partial charge in [0.25, 0.3) is 5.91 Å². The molecule has 2 aromatic carbocycles. The van der Waals surface area contributed by atoms with Crippen LogP contribution >= 0.6 is 0 Å². The van der Waals surface area contributed by atoms with E-state index in [1.54, 1.807) is 36.4 Å². The van der Waals surface area contributed by atoms with Crippen LogP contribution < -0.4 is 10.6 Å². The number of anilines is 2. The molecule has 3 rings (SSSR count). The molecular formula is C21H25N3O5S. The van der Waals surface area contributed by atoms with Crippen molar-refractivity contribution in [2.24, 2.45) is 0 Å². The number of hydrogen-bond donors (Lipinski definition) is 2. The summed E-state index contributed by atoms with van der Waals surface area (Å²) in [5, 5.41) is 5.36. The van der Waals surface area contributed by atoms with Crippen molar-refractivity contribution in [1.82, 2.24) is 4.31 Å². The molecule has 0 radical (unpaired) electrons. The van der Waals surface area contributed by atoms with E-state index in [1.165, 1.54) is 23.4 Å². The molecule has 160 valence electrons. The number of benzene rings is 2. The summed E-state index contributed by atoms with van der Waals surface area (Å²) in [7, 11) is -3.64. The SMILES string of the molecule is CC(=O)Nc1cccc(C(=O)Nc2ccc(S(=O)(=O)N3C[C@H](C)O[C@@H](C)C3)cc2)c1. The molecule has 0 aliphatic carbocycles. The lowest BCUT2D eigenvalue weighted by atomic mass is 10.2. The number of ether oxygens (including phenoxy) is 1. The molecule has 2 atom stereocenters. The molecule has 9 heteroatoms. The maximum absolute atomic E-state index is 12.9. The first-order valence-corrected chi connectivity index (χ1v) is 11.0. The van der Waals surface area contributed by atoms with E-state index in [9.17, 15) is 18.0 Å². The van der Waals surface area contributed by atoms with Crippen molar-refractivity contribution in [1.29, 1.82) is 0 Å². The number of rotatable bonds is 5. The standard InChI is InChI=1S/C21H25N3O5S/c1-14-12-24(13-15(2)29-14)30(27,28)20-9-7-18(8-10-20)23-21(26)17-5-4-6-19(11-17)22-16(3)25/h4-11,14-15H,12-13H2,1-3H3,(H,22,25)(H,23,26)/t14-,15-/m0/s1. The molecule has 1 aliphatic rings. The second-order valence-corrected chi connectivity index (χ2v) is 9.26. The van der Waals surface area contributed by atoms with Crippen molar-refractivity contribution in [3.8, 4) is 0 Å². The number of nitrogens with zero attached hydrogens (tertiary/aromatic N) is 1. The van der Waals surface area contributed by atoms with E-state index in [-0.39, 0.29) is 28.9 Å². The van der Waals surface area contributed by atoms with Gasteiger partial charge in [-0.15, -0.1) is 0 Å². The molecule has 2 amide bonds. The van der Waals surface area contributed by atoms with Gasteiger partial charge >= 0.3 is 0 Å². The monoisotopic (exact) mass is 431 g/mol. The molecule has 30 heavy (non-hydrogen) atoms. The smallest absolute Gasteiger partial charge is 0.255 e. The zero-order valence-corrected chi connectivity index (χ0v) is 17.9. The van der Waals surface area contributed by atoms with Crippen LogP contribution in [0, 0.1) is 0 Å². The highest BCUT2D eigenvalue weighted by Gasteiger charge is 2.32. The van der Waals surface area contributed by atoms with Gasteiger partial charge in [-0.1, -0.05) is 6.07 Å². The zero-order chi connectivity index (χ0) is 21.9. The quantitative estimate of drug-likeness (QED) is 0.757. The van der Waals surface area contributed by atoms with Gasteiger partial charge in [0, 0.05) is 37.0 Å². The van der Waals surface area contributed by atoms with E-state index in [4.69, 9.17) is 4.74 Å². The third kappa shape index (κ3) is 5.24. The Labute approximate surface area is 176 Å². The number of nitrogens with one attached hydrogen (secondary N) is 2. The van der Waals surface area contributed by atoms with Gasteiger partial charge in [0.1, 0.15) is 0 Å². The van der Waals surface area contributed by atoms with Crippen LogP contribution in [-0.4, -0.2) is 49.8 Å². The first kappa shape index (κ1) is 21.9. The van der Waals surface area contributed by atoms with Gasteiger partial charge in [-0.05, 0) is 56.3 Å². The molecule has 2 N–H and O–H groups in total. The van der Waals surface area contributed by atoms with Crippen LogP contribution in [0.3, 0.4) is 0 Å². The Hall–Kier alpha value is -2.75. The number of carbonyl (C=O) groups excluding carboxylic acids is 2. The predicted molar refractivity (Wildman–Crippen MR) is 114 cm³/mol. The van der Waals surface area contributed by atoms with Crippen LogP contribution in [0.2, 0.25) is 0 Å². The minimum Gasteiger partial charge on any atom is -0.373 e. The van der Waals surface area contributed by atoms with Gasteiger partial charge in [0.2, 0.25) is 15.9 Å². The van der Waals surface area contributed by atoms with Crippen molar-refractivity contribution in [2.45, 2.75) is 37.9 Å². The summed E-state index contributed by atoms with van der Waals surface area (Å²) >= 11 is 0. The number of carbonyl (C=O) groups is 2. The molecule has 1 saturated heterocycles. The summed E-state index contributed by atoms with van der Waals surface area (Å²) < 4.78 is 32.8. The van der Waals surface area contributed by atoms with E-state index in [0.717, 1.165) is 0 Å². The molecule has 0 bridgehead atoms. The second kappa shape index (κ2) is 8.95. The fourth-order valence-corrected chi connectivity index (χ4v) is 4.92. The summed E-state index contributed by atoms with van der Waals surface area (Å²) in [6.07, 6.45) is -0.342. The number of hydrogen-bond acceptors (Lipinski definition) is 5. The Morgan fingerprint density at radius 2 is 1.60 bits per heavy atom. The number of morpholine rings is 1. The van der Waals surface area contributed by atoms with E-state index in [0.29, 0.717) is 30.0 Å². The van der Waals surface area contributed by atoms with E-state index < -0.39 is 10.0 Å². The predicted octanol–water partition coefficient (Wildman–Crippen LogP) is 2.70. The molecule has 1 aliphatic heterocycles. The van der Waals surface area contributed by atoms with Crippen LogP contribution in [0.15, 0.2) is 53.4 Å². The van der Waals surface area contributed by atoms with E-state index >= 15 is 0 Å². The topological polar surface area (TPSA) is 105 Å². The normalized spacial score (nSPS) is 19.8. The molecule has 0 aromatic heterocycles. The average molecular weight is 432 g/mol. The lowest BCUT2D eigenvalue weighted by Crippen LogP contribution is -2.48. The first-order chi connectivity index (χ1) is 14.1. The van der Waals surface area contributed by atoms with Gasteiger partial charge in [-0.2, -0.15) is 4.31 Å². The summed E-state index contributed by atoms with van der Waals surface area (Å²) in [5.41, 5.74) is 1.35. The van der Waals surface area contributed by atoms with Crippen molar-refractivity contribution in [3.05, 3.63) is 54.1 Å². The summed E-state index contributed by atoms with van der Waals surface area (Å²) in [6.45, 7) is 5.68. The second-order valence-electron chi connectivity index (χ2n) is 7.32. The highest BCUT2D eigenvalue weighted by atomic mass is 32.2. The molecule has 1 heterocycles. The van der Waals surface area contributed by atoms with Crippen LogP contribution in [0.1, 0.15) is 31.1 Å². The van der Waals surface area contributed by atoms with Gasteiger partial charge < -0.3 is 15.4 Å². The third-order valence-electron chi connectivity index (χ3n) is 4.58. The minimum absolute atomic E-state index is 0.162. The largest absolute Gasteiger partial charge is 0.373 e. The Bertz CT molecular complexity index is 1030. The minimum atomic E-state index is -3.64. The molecule has 0 spiro atoms. The lowest BCUT2D eigenvalue weighted by Gasteiger charge is -2.34. The molecule has 0 unspecified atom stereocenters. The summed E-state index contributed by atoms with van der Waals surface area (Å²) in [4.78, 5) is 23.8. The first-order valence-electron chi connectivity index (χ1n) is 9.60. The Kier molecular flexibility index (Phi) is 6.55. The molecule has 0 saturated carbocycles. The molecule has 1 fully saturated rings. The van der Waals surface area contributed by atoms with E-state index in [2.05, 4.69) is 10.6 Å². The maximum atomic E-state index is 12.9. The van der Waals surface area contributed by atoms with Crippen molar-refractivity contribution in [3.63, 3.8) is 0 Å². The highest BCUT2D eigenvalue weighted by molar-refractivity contribution is 7.89. The summed E-state index contributed by atoms with van der Waals surface area (Å²) in [5.74, 6) is -0.595. The number of sulfonamides is 1. The van der Waals surface area contributed by atoms with Crippen LogP contribution in [-0.2, 0) is 19.6 Å².